The van der Waals surface area contributed by atoms with E-state index in [-0.39, 0.29) is 11.9 Å². The van der Waals surface area contributed by atoms with Gasteiger partial charge >= 0.3 is 0 Å². The molecular weight excluding hydrogens is 252 g/mol. The molecule has 1 unspecified atom stereocenters. The summed E-state index contributed by atoms with van der Waals surface area (Å²) in [4.78, 5) is 16.8. The number of nitrogens with one attached hydrogen (secondary N) is 1. The van der Waals surface area contributed by atoms with Crippen molar-refractivity contribution < 1.29 is 9.53 Å². The van der Waals surface area contributed by atoms with Gasteiger partial charge in [-0.2, -0.15) is 0 Å². The Morgan fingerprint density at radius 1 is 1.40 bits per heavy atom. The second-order valence-corrected chi connectivity index (χ2v) is 4.81. The van der Waals surface area contributed by atoms with Crippen molar-refractivity contribution in [3.8, 4) is 5.88 Å². The van der Waals surface area contributed by atoms with E-state index in [9.17, 15) is 4.79 Å². The maximum Gasteiger partial charge on any atom is 0.252 e. The van der Waals surface area contributed by atoms with E-state index in [1.165, 1.54) is 0 Å². The van der Waals surface area contributed by atoms with Crippen molar-refractivity contribution in [2.24, 2.45) is 0 Å². The van der Waals surface area contributed by atoms with Crippen LogP contribution in [0.4, 0.5) is 0 Å². The number of hydrogen-bond acceptors (Lipinski definition) is 3. The number of benzene rings is 1. The van der Waals surface area contributed by atoms with Crippen LogP contribution in [0.15, 0.2) is 42.5 Å². The van der Waals surface area contributed by atoms with Gasteiger partial charge in [0.05, 0.1) is 18.2 Å². The fourth-order valence-corrected chi connectivity index (χ4v) is 2.44. The van der Waals surface area contributed by atoms with Crippen LogP contribution in [0.5, 0.6) is 5.88 Å². The summed E-state index contributed by atoms with van der Waals surface area (Å²) in [5, 5.41) is 3.87. The van der Waals surface area contributed by atoms with E-state index in [2.05, 4.69) is 16.4 Å². The van der Waals surface area contributed by atoms with Crippen LogP contribution >= 0.6 is 0 Å². The molecule has 0 fully saturated rings. The van der Waals surface area contributed by atoms with E-state index in [4.69, 9.17) is 4.74 Å². The van der Waals surface area contributed by atoms with Crippen molar-refractivity contribution in [3.05, 3.63) is 48.0 Å². The van der Waals surface area contributed by atoms with Crippen molar-refractivity contribution >= 4 is 16.8 Å². The van der Waals surface area contributed by atoms with Gasteiger partial charge in [-0.15, -0.1) is 0 Å². The molecule has 1 aliphatic carbocycles. The Bertz CT molecular complexity index is 679. The second kappa shape index (κ2) is 5.33. The standard InChI is InChI=1S/C16H16N2O2/c1-20-15-10-13(12-8-4-5-9-14(12)18-15)16(19)17-11-6-2-3-7-11/h2,4-6,8-11H,3,7H2,1H3,(H,17,19). The van der Waals surface area contributed by atoms with E-state index in [0.29, 0.717) is 11.4 Å². The van der Waals surface area contributed by atoms with Gasteiger partial charge < -0.3 is 10.1 Å². The molecule has 0 aliphatic heterocycles. The van der Waals surface area contributed by atoms with E-state index in [1.54, 1.807) is 13.2 Å². The molecule has 1 aliphatic rings. The molecule has 2 aromatic rings. The minimum absolute atomic E-state index is 0.0848. The lowest BCUT2D eigenvalue weighted by Crippen LogP contribution is -2.32. The number of para-hydroxylation sites is 1. The Labute approximate surface area is 117 Å². The second-order valence-electron chi connectivity index (χ2n) is 4.81. The molecule has 4 nitrogen and oxygen atoms in total. The third kappa shape index (κ3) is 2.37. The van der Waals surface area contributed by atoms with Crippen LogP contribution in [-0.4, -0.2) is 24.0 Å². The summed E-state index contributed by atoms with van der Waals surface area (Å²) in [5.41, 5.74) is 1.37. The number of ether oxygens (including phenoxy) is 1. The minimum atomic E-state index is -0.0848. The largest absolute Gasteiger partial charge is 0.481 e. The fraction of sp³-hybridized carbons (Fsp3) is 0.250. The van der Waals surface area contributed by atoms with E-state index < -0.39 is 0 Å². The molecule has 1 atom stereocenters. The minimum Gasteiger partial charge on any atom is -0.481 e. The molecule has 1 aromatic heterocycles. The number of carbonyl (C=O) groups is 1. The Hall–Kier alpha value is -2.36. The first-order chi connectivity index (χ1) is 9.78. The highest BCUT2D eigenvalue weighted by Gasteiger charge is 2.17. The Balaban J connectivity index is 2.00. The fourth-order valence-electron chi connectivity index (χ4n) is 2.44. The van der Waals surface area contributed by atoms with Gasteiger partial charge in [-0.3, -0.25) is 4.79 Å². The summed E-state index contributed by atoms with van der Waals surface area (Å²) in [6.07, 6.45) is 6.12. The summed E-state index contributed by atoms with van der Waals surface area (Å²) < 4.78 is 5.18. The summed E-state index contributed by atoms with van der Waals surface area (Å²) in [5.74, 6) is 0.370. The molecule has 0 saturated carbocycles. The van der Waals surface area contributed by atoms with Crippen LogP contribution in [0, 0.1) is 0 Å². The highest BCUT2D eigenvalue weighted by atomic mass is 16.5. The van der Waals surface area contributed by atoms with Gasteiger partial charge in [-0.1, -0.05) is 30.4 Å². The van der Waals surface area contributed by atoms with Gasteiger partial charge in [-0.25, -0.2) is 4.98 Å². The van der Waals surface area contributed by atoms with Gasteiger partial charge in [0.2, 0.25) is 5.88 Å². The van der Waals surface area contributed by atoms with Crippen LogP contribution in [0.1, 0.15) is 23.2 Å². The van der Waals surface area contributed by atoms with Crippen molar-refractivity contribution in [1.82, 2.24) is 10.3 Å². The number of methoxy groups -OCH3 is 1. The average Bonchev–Trinajstić information content (AvgIpc) is 2.98. The van der Waals surface area contributed by atoms with Gasteiger partial charge in [-0.05, 0) is 18.9 Å². The van der Waals surface area contributed by atoms with Crippen LogP contribution in [-0.2, 0) is 0 Å². The SMILES string of the molecule is COc1cc(C(=O)NC2C=CCC2)c2ccccc2n1. The quantitative estimate of drug-likeness (QED) is 0.871. The Kier molecular flexibility index (Phi) is 3.37. The third-order valence-corrected chi connectivity index (χ3v) is 3.48. The van der Waals surface area contributed by atoms with Crippen molar-refractivity contribution in [2.45, 2.75) is 18.9 Å². The molecule has 1 heterocycles. The molecule has 0 spiro atoms. The van der Waals surface area contributed by atoms with Gasteiger partial charge in [0.1, 0.15) is 0 Å². The summed E-state index contributed by atoms with van der Waals surface area (Å²) in [7, 11) is 1.55. The van der Waals surface area contributed by atoms with Crippen LogP contribution in [0.3, 0.4) is 0 Å². The highest BCUT2D eigenvalue weighted by molar-refractivity contribution is 6.06. The number of amides is 1. The summed E-state index contributed by atoms with van der Waals surface area (Å²) >= 11 is 0. The summed E-state index contributed by atoms with van der Waals surface area (Å²) in [6, 6.07) is 9.40. The Morgan fingerprint density at radius 2 is 2.25 bits per heavy atom. The first-order valence-corrected chi connectivity index (χ1v) is 6.69. The van der Waals surface area contributed by atoms with E-state index >= 15 is 0 Å². The van der Waals surface area contributed by atoms with Crippen LogP contribution in [0.25, 0.3) is 10.9 Å². The molecule has 1 N–H and O–H groups in total. The van der Waals surface area contributed by atoms with Crippen LogP contribution < -0.4 is 10.1 Å². The smallest absolute Gasteiger partial charge is 0.252 e. The lowest BCUT2D eigenvalue weighted by molar-refractivity contribution is 0.0945. The molecule has 1 aromatic carbocycles. The Morgan fingerprint density at radius 3 is 3.00 bits per heavy atom. The number of fused-ring (bicyclic) bond motifs is 1. The number of allylic oxidation sites excluding steroid dienone is 1. The molecule has 1 amide bonds. The zero-order chi connectivity index (χ0) is 13.9. The van der Waals surface area contributed by atoms with E-state index in [1.807, 2.05) is 30.3 Å². The van der Waals surface area contributed by atoms with Gasteiger partial charge in [0.25, 0.3) is 5.91 Å². The normalized spacial score (nSPS) is 17.4. The maximum atomic E-state index is 12.5. The first kappa shape index (κ1) is 12.7. The van der Waals surface area contributed by atoms with Crippen molar-refractivity contribution in [2.75, 3.05) is 7.11 Å². The molecule has 0 bridgehead atoms. The highest BCUT2D eigenvalue weighted by Crippen LogP contribution is 2.22. The zero-order valence-electron chi connectivity index (χ0n) is 11.3. The average molecular weight is 268 g/mol. The molecule has 0 saturated heterocycles. The monoisotopic (exact) mass is 268 g/mol. The lowest BCUT2D eigenvalue weighted by Gasteiger charge is -2.13. The number of nitrogens with zero attached hydrogens (tertiary/aromatic N) is 1. The third-order valence-electron chi connectivity index (χ3n) is 3.48. The number of pyridine rings is 1. The number of hydrogen-bond donors (Lipinski definition) is 1. The molecule has 102 valence electrons. The predicted octanol–water partition coefficient (Wildman–Crippen LogP) is 2.69. The molecule has 3 rings (SSSR count). The zero-order valence-corrected chi connectivity index (χ0v) is 11.3. The summed E-state index contributed by atoms with van der Waals surface area (Å²) in [6.45, 7) is 0. The van der Waals surface area contributed by atoms with E-state index in [0.717, 1.165) is 23.7 Å². The topological polar surface area (TPSA) is 51.2 Å². The van der Waals surface area contributed by atoms with Gasteiger partial charge in [0, 0.05) is 17.5 Å². The maximum absolute atomic E-state index is 12.5. The first-order valence-electron chi connectivity index (χ1n) is 6.69. The molecule has 20 heavy (non-hydrogen) atoms. The number of carbonyl (C=O) groups excluding carboxylic acids is 1. The number of rotatable bonds is 3. The van der Waals surface area contributed by atoms with Crippen LogP contribution in [0.2, 0.25) is 0 Å². The predicted molar refractivity (Wildman–Crippen MR) is 77.9 cm³/mol. The molecule has 0 radical (unpaired) electrons. The molecular formula is C16H16N2O2. The van der Waals surface area contributed by atoms with Gasteiger partial charge in [0.15, 0.2) is 0 Å². The number of aromatic nitrogens is 1. The van der Waals surface area contributed by atoms with Crippen molar-refractivity contribution in [1.29, 1.82) is 0 Å². The van der Waals surface area contributed by atoms with Crippen molar-refractivity contribution in [3.63, 3.8) is 0 Å². The lowest BCUT2D eigenvalue weighted by atomic mass is 10.1. The molecule has 4 heteroatoms.